The van der Waals surface area contributed by atoms with Crippen LogP contribution in [-0.2, 0) is 13.0 Å². The van der Waals surface area contributed by atoms with E-state index >= 15 is 0 Å². The van der Waals surface area contributed by atoms with Crippen LogP contribution in [0.2, 0.25) is 5.02 Å². The highest BCUT2D eigenvalue weighted by Crippen LogP contribution is 2.22. The van der Waals surface area contributed by atoms with Crippen molar-refractivity contribution in [2.24, 2.45) is 5.84 Å². The number of nitrogens with two attached hydrogens (primary N) is 1. The largest absolute Gasteiger partial charge is 0.306 e. The van der Waals surface area contributed by atoms with Crippen molar-refractivity contribution >= 4 is 28.2 Å². The SMILES string of the molecule is CCc1ccccc1N(N)Cc1ccc2ncc(Cl)cc2c1. The molecule has 0 saturated carbocycles. The van der Waals surface area contributed by atoms with Crippen molar-refractivity contribution in [1.29, 1.82) is 0 Å². The summed E-state index contributed by atoms with van der Waals surface area (Å²) in [5, 5.41) is 3.46. The number of aromatic nitrogens is 1. The number of hydrazine groups is 1. The van der Waals surface area contributed by atoms with Gasteiger partial charge in [-0.05, 0) is 41.8 Å². The zero-order chi connectivity index (χ0) is 15.5. The normalized spacial score (nSPS) is 10.9. The van der Waals surface area contributed by atoms with E-state index in [2.05, 4.69) is 36.2 Å². The van der Waals surface area contributed by atoms with E-state index in [0.29, 0.717) is 11.6 Å². The molecule has 0 saturated heterocycles. The maximum absolute atomic E-state index is 6.27. The van der Waals surface area contributed by atoms with Gasteiger partial charge < -0.3 is 5.01 Å². The fourth-order valence-electron chi connectivity index (χ4n) is 2.62. The van der Waals surface area contributed by atoms with Crippen molar-refractivity contribution in [3.05, 3.63) is 70.9 Å². The van der Waals surface area contributed by atoms with Gasteiger partial charge in [-0.25, -0.2) is 5.84 Å². The molecule has 1 aromatic heterocycles. The minimum Gasteiger partial charge on any atom is -0.306 e. The molecule has 4 heteroatoms. The standard InChI is InChI=1S/C18H18ClN3/c1-2-14-5-3-4-6-18(14)22(20)12-13-7-8-17-15(9-13)10-16(19)11-21-17/h3-11H,2,12,20H2,1H3. The number of rotatable bonds is 4. The zero-order valence-corrected chi connectivity index (χ0v) is 13.2. The highest BCUT2D eigenvalue weighted by atomic mass is 35.5. The molecule has 112 valence electrons. The Morgan fingerprint density at radius 2 is 1.95 bits per heavy atom. The second-order valence-electron chi connectivity index (χ2n) is 5.29. The second-order valence-corrected chi connectivity index (χ2v) is 5.73. The van der Waals surface area contributed by atoms with Crippen LogP contribution in [0.4, 0.5) is 5.69 Å². The zero-order valence-electron chi connectivity index (χ0n) is 12.5. The van der Waals surface area contributed by atoms with Gasteiger partial charge >= 0.3 is 0 Å². The van der Waals surface area contributed by atoms with Crippen LogP contribution >= 0.6 is 11.6 Å². The van der Waals surface area contributed by atoms with E-state index in [0.717, 1.165) is 28.6 Å². The van der Waals surface area contributed by atoms with E-state index in [9.17, 15) is 0 Å². The fraction of sp³-hybridized carbons (Fsp3) is 0.167. The Balaban J connectivity index is 1.89. The number of aryl methyl sites for hydroxylation is 1. The molecule has 3 nitrogen and oxygen atoms in total. The van der Waals surface area contributed by atoms with E-state index in [1.54, 1.807) is 11.2 Å². The third-order valence-electron chi connectivity index (χ3n) is 3.75. The Hall–Kier alpha value is -2.10. The maximum Gasteiger partial charge on any atom is 0.0703 e. The van der Waals surface area contributed by atoms with Crippen LogP contribution in [0.25, 0.3) is 10.9 Å². The van der Waals surface area contributed by atoms with Gasteiger partial charge in [-0.1, -0.05) is 42.8 Å². The molecule has 3 rings (SSSR count). The van der Waals surface area contributed by atoms with Gasteiger partial charge in [0.2, 0.25) is 0 Å². The number of nitrogens with zero attached hydrogens (tertiary/aromatic N) is 2. The van der Waals surface area contributed by atoms with Crippen LogP contribution in [0.15, 0.2) is 54.7 Å². The number of pyridine rings is 1. The van der Waals surface area contributed by atoms with Gasteiger partial charge in [-0.15, -0.1) is 0 Å². The summed E-state index contributed by atoms with van der Waals surface area (Å²) >= 11 is 6.01. The van der Waals surface area contributed by atoms with Gasteiger partial charge in [0, 0.05) is 11.6 Å². The predicted octanol–water partition coefficient (Wildman–Crippen LogP) is 4.33. The maximum atomic E-state index is 6.27. The summed E-state index contributed by atoms with van der Waals surface area (Å²) in [5.74, 6) is 6.27. The van der Waals surface area contributed by atoms with Gasteiger partial charge in [0.15, 0.2) is 0 Å². The van der Waals surface area contributed by atoms with Crippen molar-refractivity contribution in [3.8, 4) is 0 Å². The minimum absolute atomic E-state index is 0.638. The molecule has 2 N–H and O–H groups in total. The molecule has 0 aliphatic rings. The molecule has 22 heavy (non-hydrogen) atoms. The lowest BCUT2D eigenvalue weighted by molar-refractivity contribution is 0.844. The summed E-state index contributed by atoms with van der Waals surface area (Å²) in [6, 6.07) is 16.3. The van der Waals surface area contributed by atoms with Crippen LogP contribution in [0.3, 0.4) is 0 Å². The number of fused-ring (bicyclic) bond motifs is 1. The first kappa shape index (κ1) is 14.8. The van der Waals surface area contributed by atoms with Crippen LogP contribution < -0.4 is 10.9 Å². The number of hydrogen-bond donors (Lipinski definition) is 1. The van der Waals surface area contributed by atoms with E-state index in [1.165, 1.54) is 5.56 Å². The van der Waals surface area contributed by atoms with Gasteiger partial charge in [0.05, 0.1) is 22.8 Å². The Morgan fingerprint density at radius 1 is 1.14 bits per heavy atom. The highest BCUT2D eigenvalue weighted by molar-refractivity contribution is 6.31. The van der Waals surface area contributed by atoms with Crippen LogP contribution in [-0.4, -0.2) is 4.98 Å². The van der Waals surface area contributed by atoms with Crippen LogP contribution in [0, 0.1) is 0 Å². The van der Waals surface area contributed by atoms with E-state index in [4.69, 9.17) is 17.4 Å². The number of anilines is 1. The van der Waals surface area contributed by atoms with Gasteiger partial charge in [0.1, 0.15) is 0 Å². The molecule has 0 fully saturated rings. The van der Waals surface area contributed by atoms with Crippen molar-refractivity contribution in [2.75, 3.05) is 5.01 Å². The summed E-state index contributed by atoms with van der Waals surface area (Å²) in [6.07, 6.45) is 2.62. The molecule has 0 atom stereocenters. The van der Waals surface area contributed by atoms with Gasteiger partial charge in [-0.3, -0.25) is 4.98 Å². The molecule has 0 aliphatic carbocycles. The first-order chi connectivity index (χ1) is 10.7. The lowest BCUT2D eigenvalue weighted by Gasteiger charge is -2.21. The van der Waals surface area contributed by atoms with E-state index in [1.807, 2.05) is 24.3 Å². The minimum atomic E-state index is 0.638. The molecular weight excluding hydrogens is 294 g/mol. The smallest absolute Gasteiger partial charge is 0.0703 e. The first-order valence-corrected chi connectivity index (χ1v) is 7.69. The molecule has 0 unspecified atom stereocenters. The van der Waals surface area contributed by atoms with E-state index in [-0.39, 0.29) is 0 Å². The summed E-state index contributed by atoms with van der Waals surface area (Å²) < 4.78 is 0. The Labute approximate surface area is 135 Å². The molecule has 0 amide bonds. The van der Waals surface area contributed by atoms with E-state index < -0.39 is 0 Å². The number of para-hydroxylation sites is 1. The molecule has 2 aromatic carbocycles. The average Bonchev–Trinajstić information content (AvgIpc) is 2.54. The lowest BCUT2D eigenvalue weighted by atomic mass is 10.1. The van der Waals surface area contributed by atoms with Crippen molar-refractivity contribution in [2.45, 2.75) is 19.9 Å². The van der Waals surface area contributed by atoms with Crippen molar-refractivity contribution < 1.29 is 0 Å². The molecule has 0 radical (unpaired) electrons. The lowest BCUT2D eigenvalue weighted by Crippen LogP contribution is -2.30. The third kappa shape index (κ3) is 3.06. The monoisotopic (exact) mass is 311 g/mol. The molecule has 0 bridgehead atoms. The van der Waals surface area contributed by atoms with Gasteiger partial charge in [-0.2, -0.15) is 0 Å². The fourth-order valence-corrected chi connectivity index (χ4v) is 2.79. The average molecular weight is 312 g/mol. The second kappa shape index (κ2) is 6.34. The first-order valence-electron chi connectivity index (χ1n) is 7.31. The Morgan fingerprint density at radius 3 is 2.77 bits per heavy atom. The topological polar surface area (TPSA) is 42.1 Å². The summed E-state index contributed by atoms with van der Waals surface area (Å²) in [5.41, 5.74) is 4.38. The summed E-state index contributed by atoms with van der Waals surface area (Å²) in [4.78, 5) is 4.31. The highest BCUT2D eigenvalue weighted by Gasteiger charge is 2.08. The molecule has 1 heterocycles. The number of halogens is 1. The van der Waals surface area contributed by atoms with Crippen LogP contribution in [0.5, 0.6) is 0 Å². The third-order valence-corrected chi connectivity index (χ3v) is 3.95. The quantitative estimate of drug-likeness (QED) is 0.576. The van der Waals surface area contributed by atoms with Crippen LogP contribution in [0.1, 0.15) is 18.1 Å². The Kier molecular flexibility index (Phi) is 4.27. The van der Waals surface area contributed by atoms with Gasteiger partial charge in [0.25, 0.3) is 0 Å². The number of benzene rings is 2. The molecular formula is C18H18ClN3. The molecule has 0 aliphatic heterocycles. The summed E-state index contributed by atoms with van der Waals surface area (Å²) in [6.45, 7) is 2.77. The molecule has 3 aromatic rings. The Bertz CT molecular complexity index is 801. The van der Waals surface area contributed by atoms with Crippen molar-refractivity contribution in [3.63, 3.8) is 0 Å². The van der Waals surface area contributed by atoms with Crippen molar-refractivity contribution in [1.82, 2.24) is 4.98 Å². The summed E-state index contributed by atoms with van der Waals surface area (Å²) in [7, 11) is 0. The molecule has 0 spiro atoms. The predicted molar refractivity (Wildman–Crippen MR) is 92.9 cm³/mol. The number of hydrogen-bond acceptors (Lipinski definition) is 3.